The number of ether oxygens (including phenoxy) is 1. The van der Waals surface area contributed by atoms with E-state index in [-0.39, 0.29) is 22.2 Å². The van der Waals surface area contributed by atoms with Crippen LogP contribution in [0.1, 0.15) is 18.1 Å². The van der Waals surface area contributed by atoms with Crippen molar-refractivity contribution in [2.75, 3.05) is 13.2 Å². The molecular weight excluding hydrogens is 442 g/mol. The standard InChI is InChI=1S/C21H19NO7S2/c1-3-28-19(23)13-22-20(24)18(30-21(22)25)12-15-6-4-5-7-17(15)29-31(26,27)16-10-8-14(2)9-11-16/h4-12H,3,13H2,1-2H3/b18-12-. The molecule has 2 amide bonds. The molecule has 1 aliphatic rings. The van der Waals surface area contributed by atoms with E-state index in [0.717, 1.165) is 10.5 Å². The van der Waals surface area contributed by atoms with Crippen LogP contribution in [0.3, 0.4) is 0 Å². The van der Waals surface area contributed by atoms with Gasteiger partial charge in [-0.3, -0.25) is 19.3 Å². The molecule has 0 bridgehead atoms. The molecule has 1 fully saturated rings. The number of nitrogens with zero attached hydrogens (tertiary/aromatic N) is 1. The van der Waals surface area contributed by atoms with Crippen molar-refractivity contribution in [1.29, 1.82) is 0 Å². The number of imide groups is 1. The highest BCUT2D eigenvalue weighted by Gasteiger charge is 2.36. The molecule has 3 rings (SSSR count). The Morgan fingerprint density at radius 1 is 1.10 bits per heavy atom. The minimum Gasteiger partial charge on any atom is -0.465 e. The van der Waals surface area contributed by atoms with Crippen LogP contribution < -0.4 is 4.18 Å². The Morgan fingerprint density at radius 2 is 1.77 bits per heavy atom. The van der Waals surface area contributed by atoms with Gasteiger partial charge in [-0.2, -0.15) is 8.42 Å². The Balaban J connectivity index is 1.86. The third kappa shape index (κ3) is 5.33. The highest BCUT2D eigenvalue weighted by atomic mass is 32.2. The number of esters is 1. The molecular formula is C21H19NO7S2. The quantitative estimate of drug-likeness (QED) is 0.351. The van der Waals surface area contributed by atoms with Crippen LogP contribution in [0.25, 0.3) is 6.08 Å². The van der Waals surface area contributed by atoms with E-state index >= 15 is 0 Å². The van der Waals surface area contributed by atoms with Crippen LogP contribution in [-0.4, -0.2) is 43.6 Å². The molecule has 0 N–H and O–H groups in total. The summed E-state index contributed by atoms with van der Waals surface area (Å²) < 4.78 is 35.3. The first-order valence-electron chi connectivity index (χ1n) is 9.22. The zero-order valence-corrected chi connectivity index (χ0v) is 18.4. The fourth-order valence-electron chi connectivity index (χ4n) is 2.66. The van der Waals surface area contributed by atoms with Crippen molar-refractivity contribution < 1.29 is 31.7 Å². The number of carbonyl (C=O) groups is 3. The van der Waals surface area contributed by atoms with Crippen LogP contribution >= 0.6 is 11.8 Å². The molecule has 1 heterocycles. The molecule has 2 aromatic carbocycles. The van der Waals surface area contributed by atoms with E-state index in [4.69, 9.17) is 8.92 Å². The number of thioether (sulfide) groups is 1. The predicted molar refractivity (Wildman–Crippen MR) is 115 cm³/mol. The Morgan fingerprint density at radius 3 is 2.45 bits per heavy atom. The first-order chi connectivity index (χ1) is 14.7. The number of carbonyl (C=O) groups excluding carboxylic acids is 3. The lowest BCUT2D eigenvalue weighted by Crippen LogP contribution is -2.34. The van der Waals surface area contributed by atoms with Gasteiger partial charge >= 0.3 is 16.1 Å². The molecule has 2 aromatic rings. The number of rotatable bonds is 7. The molecule has 0 aromatic heterocycles. The lowest BCUT2D eigenvalue weighted by atomic mass is 10.2. The molecule has 8 nitrogen and oxygen atoms in total. The molecule has 0 unspecified atom stereocenters. The van der Waals surface area contributed by atoms with Gasteiger partial charge in [0.2, 0.25) is 0 Å². The van der Waals surface area contributed by atoms with Crippen LogP contribution in [0.5, 0.6) is 5.75 Å². The second-order valence-corrected chi connectivity index (χ2v) is 9.00. The summed E-state index contributed by atoms with van der Waals surface area (Å²) in [4.78, 5) is 37.1. The summed E-state index contributed by atoms with van der Waals surface area (Å²) in [6.45, 7) is 3.09. The Kier molecular flexibility index (Phi) is 6.81. The zero-order valence-electron chi connectivity index (χ0n) is 16.7. The van der Waals surface area contributed by atoms with E-state index in [2.05, 4.69) is 0 Å². The summed E-state index contributed by atoms with van der Waals surface area (Å²) in [5.74, 6) is -1.36. The van der Waals surface area contributed by atoms with Crippen molar-refractivity contribution in [2.45, 2.75) is 18.7 Å². The van der Waals surface area contributed by atoms with Crippen molar-refractivity contribution in [3.05, 3.63) is 64.6 Å². The minimum atomic E-state index is -4.10. The van der Waals surface area contributed by atoms with Crippen molar-refractivity contribution in [3.8, 4) is 5.75 Å². The molecule has 0 radical (unpaired) electrons. The Hall–Kier alpha value is -3.11. The molecule has 0 aliphatic carbocycles. The van der Waals surface area contributed by atoms with Gasteiger partial charge in [0.25, 0.3) is 11.1 Å². The van der Waals surface area contributed by atoms with Crippen LogP contribution in [0.4, 0.5) is 4.79 Å². The topological polar surface area (TPSA) is 107 Å². The fourth-order valence-corrected chi connectivity index (χ4v) is 4.44. The highest BCUT2D eigenvalue weighted by molar-refractivity contribution is 8.18. The maximum atomic E-state index is 12.6. The van der Waals surface area contributed by atoms with E-state index in [9.17, 15) is 22.8 Å². The lowest BCUT2D eigenvalue weighted by Gasteiger charge is -2.11. The van der Waals surface area contributed by atoms with Gasteiger partial charge < -0.3 is 8.92 Å². The molecule has 1 saturated heterocycles. The van der Waals surface area contributed by atoms with Crippen molar-refractivity contribution in [3.63, 3.8) is 0 Å². The predicted octanol–water partition coefficient (Wildman–Crippen LogP) is 3.36. The van der Waals surface area contributed by atoms with E-state index in [1.54, 1.807) is 37.3 Å². The normalized spacial score (nSPS) is 15.4. The number of hydrogen-bond acceptors (Lipinski definition) is 8. The lowest BCUT2D eigenvalue weighted by molar-refractivity contribution is -0.145. The van der Waals surface area contributed by atoms with E-state index in [0.29, 0.717) is 17.3 Å². The maximum absolute atomic E-state index is 12.6. The van der Waals surface area contributed by atoms with E-state index < -0.39 is 33.8 Å². The number of aryl methyl sites for hydroxylation is 1. The number of amides is 2. The molecule has 0 saturated carbocycles. The summed E-state index contributed by atoms with van der Waals surface area (Å²) in [7, 11) is -4.10. The summed E-state index contributed by atoms with van der Waals surface area (Å²) in [6.07, 6.45) is 1.36. The van der Waals surface area contributed by atoms with Gasteiger partial charge in [-0.05, 0) is 49.9 Å². The van der Waals surface area contributed by atoms with Crippen molar-refractivity contribution >= 4 is 45.1 Å². The van der Waals surface area contributed by atoms with Crippen molar-refractivity contribution in [1.82, 2.24) is 4.90 Å². The van der Waals surface area contributed by atoms with E-state index in [1.807, 2.05) is 6.92 Å². The van der Waals surface area contributed by atoms with E-state index in [1.165, 1.54) is 24.3 Å². The molecule has 0 atom stereocenters. The van der Waals surface area contributed by atoms with Gasteiger partial charge in [0.05, 0.1) is 11.5 Å². The summed E-state index contributed by atoms with van der Waals surface area (Å²) in [5, 5.41) is -0.616. The first kappa shape index (κ1) is 22.6. The second kappa shape index (κ2) is 9.36. The van der Waals surface area contributed by atoms with Crippen LogP contribution in [0.2, 0.25) is 0 Å². The molecule has 31 heavy (non-hydrogen) atoms. The van der Waals surface area contributed by atoms with Crippen LogP contribution in [0.15, 0.2) is 58.3 Å². The number of benzene rings is 2. The van der Waals surface area contributed by atoms with Gasteiger partial charge in [-0.15, -0.1) is 0 Å². The second-order valence-electron chi connectivity index (χ2n) is 6.46. The summed E-state index contributed by atoms with van der Waals surface area (Å²) in [5.41, 5.74) is 1.19. The highest BCUT2D eigenvalue weighted by Crippen LogP contribution is 2.34. The third-order valence-electron chi connectivity index (χ3n) is 4.18. The molecule has 162 valence electrons. The van der Waals surface area contributed by atoms with Crippen LogP contribution in [0, 0.1) is 6.92 Å². The van der Waals surface area contributed by atoms with Crippen LogP contribution in [-0.2, 0) is 24.4 Å². The minimum absolute atomic E-state index is 0.000247. The molecule has 10 heteroatoms. The maximum Gasteiger partial charge on any atom is 0.339 e. The summed E-state index contributed by atoms with van der Waals surface area (Å²) >= 11 is 0.647. The zero-order chi connectivity index (χ0) is 22.6. The summed E-state index contributed by atoms with van der Waals surface area (Å²) in [6, 6.07) is 12.4. The largest absolute Gasteiger partial charge is 0.465 e. The SMILES string of the molecule is CCOC(=O)CN1C(=O)S/C(=C\c2ccccc2OS(=O)(=O)c2ccc(C)cc2)C1=O. The van der Waals surface area contributed by atoms with Gasteiger partial charge in [-0.25, -0.2) is 0 Å². The molecule has 1 aliphatic heterocycles. The molecule has 0 spiro atoms. The fraction of sp³-hybridized carbons (Fsp3) is 0.190. The van der Waals surface area contributed by atoms with Gasteiger partial charge in [0, 0.05) is 5.56 Å². The smallest absolute Gasteiger partial charge is 0.339 e. The third-order valence-corrected chi connectivity index (χ3v) is 6.34. The van der Waals surface area contributed by atoms with Gasteiger partial charge in [0.1, 0.15) is 17.2 Å². The number of hydrogen-bond donors (Lipinski definition) is 0. The average molecular weight is 462 g/mol. The van der Waals surface area contributed by atoms with Gasteiger partial charge in [0.15, 0.2) is 0 Å². The Bertz CT molecular complexity index is 1150. The monoisotopic (exact) mass is 461 g/mol. The van der Waals surface area contributed by atoms with Crippen molar-refractivity contribution in [2.24, 2.45) is 0 Å². The Labute approximate surface area is 184 Å². The first-order valence-corrected chi connectivity index (χ1v) is 11.4. The number of para-hydroxylation sites is 1. The average Bonchev–Trinajstić information content (AvgIpc) is 2.97. The van der Waals surface area contributed by atoms with Gasteiger partial charge in [-0.1, -0.05) is 35.9 Å².